The fourth-order valence-electron chi connectivity index (χ4n) is 3.15. The zero-order valence-electron chi connectivity index (χ0n) is 15.6. The number of carboxylic acids is 1. The highest BCUT2D eigenvalue weighted by atomic mass is 16.5. The van der Waals surface area contributed by atoms with Gasteiger partial charge in [-0.2, -0.15) is 0 Å². The second kappa shape index (κ2) is 8.19. The highest BCUT2D eigenvalue weighted by Crippen LogP contribution is 2.26. The minimum Gasteiger partial charge on any atom is -0.489 e. The molecule has 0 saturated heterocycles. The van der Waals surface area contributed by atoms with Crippen molar-refractivity contribution in [1.82, 2.24) is 0 Å². The number of aromatic carboxylic acids is 1. The molecule has 0 bridgehead atoms. The van der Waals surface area contributed by atoms with Gasteiger partial charge in [0.1, 0.15) is 12.4 Å². The molecule has 0 spiro atoms. The van der Waals surface area contributed by atoms with E-state index in [1.807, 2.05) is 0 Å². The van der Waals surface area contributed by atoms with Gasteiger partial charge in [0.2, 0.25) is 0 Å². The lowest BCUT2D eigenvalue weighted by Gasteiger charge is -2.23. The fourth-order valence-corrected chi connectivity index (χ4v) is 3.15. The summed E-state index contributed by atoms with van der Waals surface area (Å²) >= 11 is 0. The molecule has 1 unspecified atom stereocenters. The first-order chi connectivity index (χ1) is 11.7. The maximum Gasteiger partial charge on any atom is 0.335 e. The van der Waals surface area contributed by atoms with Crippen LogP contribution in [0.4, 0.5) is 0 Å². The monoisotopic (exact) mass is 340 g/mol. The molecule has 0 fully saturated rings. The Morgan fingerprint density at radius 2 is 1.56 bits per heavy atom. The van der Waals surface area contributed by atoms with Gasteiger partial charge in [0.05, 0.1) is 5.56 Å². The molecule has 2 aromatic rings. The van der Waals surface area contributed by atoms with E-state index in [1.54, 1.807) is 24.3 Å². The number of hydrogen-bond acceptors (Lipinski definition) is 2. The summed E-state index contributed by atoms with van der Waals surface area (Å²) in [4.78, 5) is 10.8. The second-order valence-electron chi connectivity index (χ2n) is 8.01. The molecule has 0 amide bonds. The van der Waals surface area contributed by atoms with Crippen molar-refractivity contribution in [2.75, 3.05) is 0 Å². The SMILES string of the molecule is CC(Cc1ccc(COc2ccc(C(=O)O)cc2)cc1)CC(C)(C)C. The summed E-state index contributed by atoms with van der Waals surface area (Å²) in [6.45, 7) is 9.64. The summed E-state index contributed by atoms with van der Waals surface area (Å²) in [7, 11) is 0. The van der Waals surface area contributed by atoms with Crippen LogP contribution < -0.4 is 4.74 Å². The molecule has 0 aliphatic rings. The van der Waals surface area contributed by atoms with E-state index >= 15 is 0 Å². The zero-order valence-corrected chi connectivity index (χ0v) is 15.6. The van der Waals surface area contributed by atoms with Crippen LogP contribution in [0.5, 0.6) is 5.75 Å². The van der Waals surface area contributed by atoms with Crippen LogP contribution in [0.3, 0.4) is 0 Å². The van der Waals surface area contributed by atoms with Gasteiger partial charge in [-0.05, 0) is 59.6 Å². The van der Waals surface area contributed by atoms with Crippen LogP contribution in [0, 0.1) is 11.3 Å². The maximum atomic E-state index is 10.8. The average Bonchev–Trinajstić information content (AvgIpc) is 2.53. The Hall–Kier alpha value is -2.29. The number of ether oxygens (including phenoxy) is 1. The molecule has 0 saturated carbocycles. The average molecular weight is 340 g/mol. The summed E-state index contributed by atoms with van der Waals surface area (Å²) in [5.74, 6) is 0.408. The number of carbonyl (C=O) groups is 1. The van der Waals surface area contributed by atoms with Crippen LogP contribution in [-0.2, 0) is 13.0 Å². The van der Waals surface area contributed by atoms with Crippen molar-refractivity contribution in [3.8, 4) is 5.75 Å². The molecule has 0 aliphatic carbocycles. The summed E-state index contributed by atoms with van der Waals surface area (Å²) in [6, 6.07) is 15.0. The smallest absolute Gasteiger partial charge is 0.335 e. The van der Waals surface area contributed by atoms with E-state index in [-0.39, 0.29) is 5.56 Å². The van der Waals surface area contributed by atoms with Gasteiger partial charge < -0.3 is 9.84 Å². The van der Waals surface area contributed by atoms with Gasteiger partial charge in [0.15, 0.2) is 0 Å². The minimum atomic E-state index is -0.928. The van der Waals surface area contributed by atoms with Crippen molar-refractivity contribution in [1.29, 1.82) is 0 Å². The molecule has 1 N–H and O–H groups in total. The van der Waals surface area contributed by atoms with Crippen molar-refractivity contribution in [2.45, 2.75) is 47.1 Å². The maximum absolute atomic E-state index is 10.8. The first-order valence-corrected chi connectivity index (χ1v) is 8.77. The van der Waals surface area contributed by atoms with Crippen LogP contribution in [-0.4, -0.2) is 11.1 Å². The van der Waals surface area contributed by atoms with Crippen molar-refractivity contribution < 1.29 is 14.6 Å². The standard InChI is InChI=1S/C22H28O3/c1-16(14-22(2,3)4)13-17-5-7-18(8-6-17)15-25-20-11-9-19(10-12-20)21(23)24/h5-12,16H,13-15H2,1-4H3,(H,23,24). The highest BCUT2D eigenvalue weighted by Gasteiger charge is 2.15. The normalized spacial score (nSPS) is 12.6. The first kappa shape index (κ1) is 19.0. The van der Waals surface area contributed by atoms with E-state index in [4.69, 9.17) is 9.84 Å². The second-order valence-corrected chi connectivity index (χ2v) is 8.01. The van der Waals surface area contributed by atoms with E-state index < -0.39 is 5.97 Å². The molecular weight excluding hydrogens is 312 g/mol. The lowest BCUT2D eigenvalue weighted by molar-refractivity contribution is 0.0697. The van der Waals surface area contributed by atoms with Crippen LogP contribution in [0.25, 0.3) is 0 Å². The van der Waals surface area contributed by atoms with E-state index in [1.165, 1.54) is 12.0 Å². The predicted octanol–water partition coefficient (Wildman–Crippen LogP) is 5.58. The van der Waals surface area contributed by atoms with Gasteiger partial charge in [0.25, 0.3) is 0 Å². The van der Waals surface area contributed by atoms with Crippen molar-refractivity contribution in [3.05, 3.63) is 65.2 Å². The Kier molecular flexibility index (Phi) is 6.24. The predicted molar refractivity (Wildman–Crippen MR) is 101 cm³/mol. The van der Waals surface area contributed by atoms with Gasteiger partial charge in [-0.3, -0.25) is 0 Å². The van der Waals surface area contributed by atoms with Crippen molar-refractivity contribution in [3.63, 3.8) is 0 Å². The molecule has 2 aromatic carbocycles. The lowest BCUT2D eigenvalue weighted by atomic mass is 9.83. The van der Waals surface area contributed by atoms with Gasteiger partial charge in [-0.15, -0.1) is 0 Å². The van der Waals surface area contributed by atoms with Crippen molar-refractivity contribution in [2.24, 2.45) is 11.3 Å². The summed E-state index contributed by atoms with van der Waals surface area (Å²) < 4.78 is 5.72. The third-order valence-electron chi connectivity index (χ3n) is 4.07. The van der Waals surface area contributed by atoms with Gasteiger partial charge >= 0.3 is 5.97 Å². The summed E-state index contributed by atoms with van der Waals surface area (Å²) in [5, 5.41) is 8.89. The van der Waals surface area contributed by atoms with Crippen LogP contribution in [0.2, 0.25) is 0 Å². The number of carboxylic acid groups (broad SMARTS) is 1. The quantitative estimate of drug-likeness (QED) is 0.716. The van der Waals surface area contributed by atoms with Crippen LogP contribution in [0.15, 0.2) is 48.5 Å². The first-order valence-electron chi connectivity index (χ1n) is 8.77. The highest BCUT2D eigenvalue weighted by molar-refractivity contribution is 5.87. The summed E-state index contributed by atoms with van der Waals surface area (Å²) in [5.41, 5.74) is 3.09. The molecule has 1 atom stereocenters. The molecule has 0 radical (unpaired) electrons. The third-order valence-corrected chi connectivity index (χ3v) is 4.07. The summed E-state index contributed by atoms with van der Waals surface area (Å²) in [6.07, 6.45) is 2.30. The molecule has 0 heterocycles. The molecule has 2 rings (SSSR count). The van der Waals surface area contributed by atoms with Crippen LogP contribution in [0.1, 0.15) is 55.6 Å². The Balaban J connectivity index is 1.86. The topological polar surface area (TPSA) is 46.5 Å². The van der Waals surface area contributed by atoms with E-state index in [0.717, 1.165) is 12.0 Å². The molecule has 134 valence electrons. The number of rotatable bonds is 7. The number of hydrogen-bond donors (Lipinski definition) is 1. The molecular formula is C22H28O3. The van der Waals surface area contributed by atoms with E-state index in [9.17, 15) is 4.79 Å². The van der Waals surface area contributed by atoms with Crippen LogP contribution >= 0.6 is 0 Å². The molecule has 0 aliphatic heterocycles. The molecule has 3 nitrogen and oxygen atoms in total. The largest absolute Gasteiger partial charge is 0.489 e. The van der Waals surface area contributed by atoms with Gasteiger partial charge in [-0.1, -0.05) is 52.0 Å². The number of benzene rings is 2. The molecule has 3 heteroatoms. The fraction of sp³-hybridized carbons (Fsp3) is 0.409. The Morgan fingerprint density at radius 3 is 2.08 bits per heavy atom. The third kappa shape index (κ3) is 6.61. The minimum absolute atomic E-state index is 0.265. The Labute approximate surface area is 150 Å². The van der Waals surface area contributed by atoms with E-state index in [0.29, 0.717) is 23.7 Å². The van der Waals surface area contributed by atoms with Gasteiger partial charge in [0, 0.05) is 0 Å². The lowest BCUT2D eigenvalue weighted by Crippen LogP contribution is -2.12. The Morgan fingerprint density at radius 1 is 1.00 bits per heavy atom. The van der Waals surface area contributed by atoms with Gasteiger partial charge in [-0.25, -0.2) is 4.79 Å². The van der Waals surface area contributed by atoms with E-state index in [2.05, 4.69) is 52.0 Å². The zero-order chi connectivity index (χ0) is 18.4. The van der Waals surface area contributed by atoms with Crippen molar-refractivity contribution >= 4 is 5.97 Å². The molecule has 0 aromatic heterocycles. The Bertz CT molecular complexity index is 679. The molecule has 25 heavy (non-hydrogen) atoms.